The molecule has 0 fully saturated rings. The maximum Gasteiger partial charge on any atom is 0.234 e. The molecule has 0 saturated heterocycles. The van der Waals surface area contributed by atoms with Crippen molar-refractivity contribution >= 4 is 21.8 Å². The van der Waals surface area contributed by atoms with E-state index in [-0.39, 0.29) is 16.8 Å². The van der Waals surface area contributed by atoms with E-state index in [9.17, 15) is 4.79 Å². The summed E-state index contributed by atoms with van der Waals surface area (Å²) in [4.78, 5) is 11.8. The van der Waals surface area contributed by atoms with Crippen LogP contribution in [0.2, 0.25) is 0 Å². The first-order chi connectivity index (χ1) is 8.06. The second-order valence-corrected chi connectivity index (χ2v) is 5.51. The number of amides is 1. The highest BCUT2D eigenvalue weighted by Crippen LogP contribution is 2.18. The van der Waals surface area contributed by atoms with Gasteiger partial charge in [0.15, 0.2) is 0 Å². The molecule has 1 amide bonds. The maximum absolute atomic E-state index is 12.0. The molecule has 1 aromatic carbocycles. The first kappa shape index (κ1) is 14.2. The molecule has 2 nitrogen and oxygen atoms in total. The lowest BCUT2D eigenvalue weighted by Crippen LogP contribution is -2.36. The molecule has 0 spiro atoms. The summed E-state index contributed by atoms with van der Waals surface area (Å²) in [5, 5.41) is 3.08. The Morgan fingerprint density at radius 1 is 1.29 bits per heavy atom. The molecule has 3 heteroatoms. The molecule has 17 heavy (non-hydrogen) atoms. The van der Waals surface area contributed by atoms with Gasteiger partial charge in [-0.2, -0.15) is 0 Å². The molecule has 2 atom stereocenters. The Hall–Kier alpha value is -0.830. The molecule has 0 saturated carbocycles. The molecule has 0 bridgehead atoms. The van der Waals surface area contributed by atoms with Crippen molar-refractivity contribution in [1.82, 2.24) is 5.32 Å². The van der Waals surface area contributed by atoms with E-state index in [0.717, 1.165) is 12.0 Å². The van der Waals surface area contributed by atoms with Crippen LogP contribution in [-0.2, 0) is 4.79 Å². The standard InChI is InChI=1S/C14H20BrNO/c1-4-12(11-8-6-5-7-9-11)16-14(17)13(15)10(2)3/h5-10,12-13H,4H2,1-3H3,(H,16,17)/t12-,13-/m1/s1. The Morgan fingerprint density at radius 2 is 1.88 bits per heavy atom. The van der Waals surface area contributed by atoms with Gasteiger partial charge < -0.3 is 5.32 Å². The normalized spacial score (nSPS) is 14.4. The molecule has 94 valence electrons. The number of nitrogens with one attached hydrogen (secondary N) is 1. The summed E-state index contributed by atoms with van der Waals surface area (Å²) in [6.45, 7) is 6.14. The van der Waals surface area contributed by atoms with Crippen molar-refractivity contribution in [3.8, 4) is 0 Å². The lowest BCUT2D eigenvalue weighted by Gasteiger charge is -2.21. The first-order valence-electron chi connectivity index (χ1n) is 6.05. The van der Waals surface area contributed by atoms with E-state index in [1.54, 1.807) is 0 Å². The van der Waals surface area contributed by atoms with Crippen LogP contribution in [0, 0.1) is 5.92 Å². The van der Waals surface area contributed by atoms with Crippen molar-refractivity contribution in [2.24, 2.45) is 5.92 Å². The summed E-state index contributed by atoms with van der Waals surface area (Å²) in [5.41, 5.74) is 1.16. The van der Waals surface area contributed by atoms with E-state index in [4.69, 9.17) is 0 Å². The van der Waals surface area contributed by atoms with Gasteiger partial charge in [-0.15, -0.1) is 0 Å². The van der Waals surface area contributed by atoms with E-state index >= 15 is 0 Å². The van der Waals surface area contributed by atoms with Crippen molar-refractivity contribution in [1.29, 1.82) is 0 Å². The van der Waals surface area contributed by atoms with Gasteiger partial charge in [0.25, 0.3) is 0 Å². The highest BCUT2D eigenvalue weighted by Gasteiger charge is 2.21. The molecule has 0 unspecified atom stereocenters. The number of rotatable bonds is 5. The van der Waals surface area contributed by atoms with E-state index < -0.39 is 0 Å². The van der Waals surface area contributed by atoms with Crippen molar-refractivity contribution in [2.75, 3.05) is 0 Å². The van der Waals surface area contributed by atoms with Crippen LogP contribution in [0.1, 0.15) is 38.8 Å². The summed E-state index contributed by atoms with van der Waals surface area (Å²) in [7, 11) is 0. The molecule has 0 aromatic heterocycles. The van der Waals surface area contributed by atoms with Gasteiger partial charge in [0.1, 0.15) is 0 Å². The number of benzene rings is 1. The third kappa shape index (κ3) is 4.15. The van der Waals surface area contributed by atoms with Crippen LogP contribution in [0.3, 0.4) is 0 Å². The highest BCUT2D eigenvalue weighted by molar-refractivity contribution is 9.10. The van der Waals surface area contributed by atoms with E-state index in [2.05, 4.69) is 28.2 Å². The van der Waals surface area contributed by atoms with Gasteiger partial charge in [0.05, 0.1) is 10.9 Å². The fraction of sp³-hybridized carbons (Fsp3) is 0.500. The average molecular weight is 298 g/mol. The van der Waals surface area contributed by atoms with Gasteiger partial charge in [-0.1, -0.05) is 67.0 Å². The lowest BCUT2D eigenvalue weighted by molar-refractivity contribution is -0.121. The number of carbonyl (C=O) groups excluding carboxylic acids is 1. The minimum atomic E-state index is -0.125. The van der Waals surface area contributed by atoms with Crippen LogP contribution in [0.5, 0.6) is 0 Å². The van der Waals surface area contributed by atoms with Gasteiger partial charge in [0.2, 0.25) is 5.91 Å². The zero-order valence-electron chi connectivity index (χ0n) is 10.6. The predicted molar refractivity (Wildman–Crippen MR) is 75.2 cm³/mol. The third-order valence-corrected chi connectivity index (χ3v) is 4.24. The van der Waals surface area contributed by atoms with Crippen molar-refractivity contribution in [3.63, 3.8) is 0 Å². The largest absolute Gasteiger partial charge is 0.348 e. The molecular weight excluding hydrogens is 278 g/mol. The predicted octanol–water partition coefficient (Wildman–Crippen LogP) is 3.67. The molecule has 1 N–H and O–H groups in total. The average Bonchev–Trinajstić information content (AvgIpc) is 2.35. The minimum Gasteiger partial charge on any atom is -0.348 e. The number of halogens is 1. The number of hydrogen-bond donors (Lipinski definition) is 1. The monoisotopic (exact) mass is 297 g/mol. The Kier molecular flexibility index (Phi) is 5.69. The molecule has 0 heterocycles. The van der Waals surface area contributed by atoms with Gasteiger partial charge in [0, 0.05) is 0 Å². The van der Waals surface area contributed by atoms with Crippen LogP contribution in [-0.4, -0.2) is 10.7 Å². The number of carbonyl (C=O) groups is 1. The Morgan fingerprint density at radius 3 is 2.35 bits per heavy atom. The van der Waals surface area contributed by atoms with Crippen LogP contribution in [0.15, 0.2) is 30.3 Å². The minimum absolute atomic E-state index is 0.0655. The number of hydrogen-bond acceptors (Lipinski definition) is 1. The lowest BCUT2D eigenvalue weighted by atomic mass is 10.0. The Labute approximate surface area is 112 Å². The zero-order chi connectivity index (χ0) is 12.8. The molecule has 0 aliphatic carbocycles. The molecule has 0 radical (unpaired) electrons. The SMILES string of the molecule is CC[C@@H](NC(=O)[C@H](Br)C(C)C)c1ccccc1. The van der Waals surface area contributed by atoms with Gasteiger partial charge in [-0.05, 0) is 17.9 Å². The summed E-state index contributed by atoms with van der Waals surface area (Å²) < 4.78 is 0. The van der Waals surface area contributed by atoms with Crippen molar-refractivity contribution in [3.05, 3.63) is 35.9 Å². The molecule has 1 rings (SSSR count). The van der Waals surface area contributed by atoms with Crippen LogP contribution in [0.4, 0.5) is 0 Å². The fourth-order valence-corrected chi connectivity index (χ4v) is 1.79. The summed E-state index contributed by atoms with van der Waals surface area (Å²) in [5.74, 6) is 0.360. The first-order valence-corrected chi connectivity index (χ1v) is 6.97. The van der Waals surface area contributed by atoms with E-state index in [0.29, 0.717) is 5.92 Å². The summed E-state index contributed by atoms with van der Waals surface area (Å²) in [6.07, 6.45) is 0.896. The van der Waals surface area contributed by atoms with Crippen molar-refractivity contribution < 1.29 is 4.79 Å². The van der Waals surface area contributed by atoms with Gasteiger partial charge in [-0.3, -0.25) is 4.79 Å². The van der Waals surface area contributed by atoms with Crippen LogP contribution >= 0.6 is 15.9 Å². The second-order valence-electron chi connectivity index (χ2n) is 4.53. The molecule has 0 aliphatic rings. The maximum atomic E-state index is 12.0. The topological polar surface area (TPSA) is 29.1 Å². The number of alkyl halides is 1. The van der Waals surface area contributed by atoms with Crippen LogP contribution in [0.25, 0.3) is 0 Å². The summed E-state index contributed by atoms with van der Waals surface area (Å²) >= 11 is 3.43. The van der Waals surface area contributed by atoms with E-state index in [1.165, 1.54) is 0 Å². The van der Waals surface area contributed by atoms with Gasteiger partial charge >= 0.3 is 0 Å². The highest BCUT2D eigenvalue weighted by atomic mass is 79.9. The smallest absolute Gasteiger partial charge is 0.234 e. The van der Waals surface area contributed by atoms with Gasteiger partial charge in [-0.25, -0.2) is 0 Å². The third-order valence-electron chi connectivity index (χ3n) is 2.76. The van der Waals surface area contributed by atoms with Crippen molar-refractivity contribution in [2.45, 2.75) is 38.1 Å². The Balaban J connectivity index is 2.68. The summed E-state index contributed by atoms with van der Waals surface area (Å²) in [6, 6.07) is 10.2. The Bertz CT molecular complexity index is 350. The molecule has 0 aliphatic heterocycles. The van der Waals surface area contributed by atoms with E-state index in [1.807, 2.05) is 44.2 Å². The molecule has 1 aromatic rings. The van der Waals surface area contributed by atoms with Crippen LogP contribution < -0.4 is 5.32 Å². The zero-order valence-corrected chi connectivity index (χ0v) is 12.2. The fourth-order valence-electron chi connectivity index (χ4n) is 1.66. The second kappa shape index (κ2) is 6.80. The quantitative estimate of drug-likeness (QED) is 0.826. The molecular formula is C14H20BrNO.